The lowest BCUT2D eigenvalue weighted by molar-refractivity contribution is -0.130. The van der Waals surface area contributed by atoms with Crippen LogP contribution in [0.4, 0.5) is 0 Å². The molecule has 0 radical (unpaired) electrons. The molecule has 0 atom stereocenters. The second kappa shape index (κ2) is 5.69. The third-order valence-corrected chi connectivity index (χ3v) is 3.15. The van der Waals surface area contributed by atoms with E-state index in [4.69, 9.17) is 0 Å². The summed E-state index contributed by atoms with van der Waals surface area (Å²) >= 11 is 0. The van der Waals surface area contributed by atoms with E-state index < -0.39 is 0 Å². The van der Waals surface area contributed by atoms with Crippen LogP contribution in [0.2, 0.25) is 0 Å². The summed E-state index contributed by atoms with van der Waals surface area (Å²) in [6.45, 7) is 1.59. The maximum atomic E-state index is 12.1. The van der Waals surface area contributed by atoms with E-state index in [2.05, 4.69) is 4.98 Å². The molecular formula is C13H17N3O3. The summed E-state index contributed by atoms with van der Waals surface area (Å²) in [7, 11) is 1.57. The molecule has 1 aromatic rings. The standard InChI is InChI=1S/C13H17N3O3/c1-15(9-12(18)16-4-2-3-5-16)13(19)10-6-11(17)8-14-7-10/h6-8,17H,2-5,9H2,1H3. The van der Waals surface area contributed by atoms with Crippen LogP contribution in [-0.4, -0.2) is 58.4 Å². The number of amides is 2. The van der Waals surface area contributed by atoms with Gasteiger partial charge in [0.25, 0.3) is 5.91 Å². The molecule has 1 N–H and O–H groups in total. The maximum Gasteiger partial charge on any atom is 0.255 e. The molecule has 0 unspecified atom stereocenters. The summed E-state index contributed by atoms with van der Waals surface area (Å²) in [6, 6.07) is 1.34. The number of likely N-dealkylation sites (N-methyl/N-ethyl adjacent to an activating group) is 1. The zero-order valence-corrected chi connectivity index (χ0v) is 10.9. The van der Waals surface area contributed by atoms with Crippen molar-refractivity contribution >= 4 is 11.8 Å². The van der Waals surface area contributed by atoms with Crippen LogP contribution in [-0.2, 0) is 4.79 Å². The Morgan fingerprint density at radius 2 is 2.05 bits per heavy atom. The molecule has 2 heterocycles. The molecule has 1 saturated heterocycles. The first-order valence-electron chi connectivity index (χ1n) is 6.25. The van der Waals surface area contributed by atoms with Crippen LogP contribution in [0.3, 0.4) is 0 Å². The highest BCUT2D eigenvalue weighted by Gasteiger charge is 2.21. The predicted octanol–water partition coefficient (Wildman–Crippen LogP) is 0.482. The lowest BCUT2D eigenvalue weighted by Crippen LogP contribution is -2.39. The summed E-state index contributed by atoms with van der Waals surface area (Å²) in [5.74, 6) is -0.428. The van der Waals surface area contributed by atoms with Crippen molar-refractivity contribution in [2.45, 2.75) is 12.8 Å². The Labute approximate surface area is 111 Å². The van der Waals surface area contributed by atoms with Gasteiger partial charge in [-0.05, 0) is 18.9 Å². The minimum absolute atomic E-state index is 0.0403. The van der Waals surface area contributed by atoms with E-state index in [0.717, 1.165) is 25.9 Å². The molecule has 6 heteroatoms. The number of nitrogens with zero attached hydrogens (tertiary/aromatic N) is 3. The largest absolute Gasteiger partial charge is 0.506 e. The quantitative estimate of drug-likeness (QED) is 0.861. The monoisotopic (exact) mass is 263 g/mol. The molecule has 0 aromatic carbocycles. The van der Waals surface area contributed by atoms with Crippen molar-refractivity contribution < 1.29 is 14.7 Å². The molecule has 6 nitrogen and oxygen atoms in total. The highest BCUT2D eigenvalue weighted by molar-refractivity contribution is 5.96. The molecule has 102 valence electrons. The van der Waals surface area contributed by atoms with Crippen LogP contribution in [0.25, 0.3) is 0 Å². The zero-order valence-electron chi connectivity index (χ0n) is 10.9. The molecule has 1 aromatic heterocycles. The van der Waals surface area contributed by atoms with Gasteiger partial charge in [0.05, 0.1) is 18.3 Å². The highest BCUT2D eigenvalue weighted by atomic mass is 16.3. The van der Waals surface area contributed by atoms with Crippen LogP contribution in [0.1, 0.15) is 23.2 Å². The molecule has 1 aliphatic heterocycles. The van der Waals surface area contributed by atoms with Crippen LogP contribution >= 0.6 is 0 Å². The molecule has 0 spiro atoms. The molecular weight excluding hydrogens is 246 g/mol. The topological polar surface area (TPSA) is 73.7 Å². The molecule has 2 amide bonds. The SMILES string of the molecule is CN(CC(=O)N1CCCC1)C(=O)c1cncc(O)c1. The summed E-state index contributed by atoms with van der Waals surface area (Å²) in [5.41, 5.74) is 0.275. The van der Waals surface area contributed by atoms with E-state index in [1.165, 1.54) is 23.4 Å². The first-order valence-corrected chi connectivity index (χ1v) is 6.25. The van der Waals surface area contributed by atoms with Crippen molar-refractivity contribution in [3.05, 3.63) is 24.0 Å². The fourth-order valence-electron chi connectivity index (χ4n) is 2.11. The van der Waals surface area contributed by atoms with E-state index in [-0.39, 0.29) is 29.7 Å². The Hall–Kier alpha value is -2.11. The Morgan fingerprint density at radius 3 is 2.68 bits per heavy atom. The van der Waals surface area contributed by atoms with Gasteiger partial charge in [0.15, 0.2) is 0 Å². The van der Waals surface area contributed by atoms with E-state index in [1.807, 2.05) is 0 Å². The minimum Gasteiger partial charge on any atom is -0.506 e. The second-order valence-electron chi connectivity index (χ2n) is 4.68. The first kappa shape index (κ1) is 13.3. The molecule has 1 aliphatic rings. The van der Waals surface area contributed by atoms with Gasteiger partial charge in [-0.3, -0.25) is 14.6 Å². The van der Waals surface area contributed by atoms with Crippen LogP contribution in [0.5, 0.6) is 5.75 Å². The van der Waals surface area contributed by atoms with Gasteiger partial charge < -0.3 is 14.9 Å². The number of hydrogen-bond donors (Lipinski definition) is 1. The molecule has 0 bridgehead atoms. The molecule has 1 fully saturated rings. The Morgan fingerprint density at radius 1 is 1.37 bits per heavy atom. The Kier molecular flexibility index (Phi) is 3.99. The van der Waals surface area contributed by atoms with E-state index in [1.54, 1.807) is 11.9 Å². The number of pyridine rings is 1. The average molecular weight is 263 g/mol. The number of carbonyl (C=O) groups excluding carboxylic acids is 2. The molecule has 2 rings (SSSR count). The van der Waals surface area contributed by atoms with Crippen LogP contribution in [0, 0.1) is 0 Å². The predicted molar refractivity (Wildman–Crippen MR) is 68.7 cm³/mol. The number of aromatic nitrogens is 1. The van der Waals surface area contributed by atoms with E-state index in [9.17, 15) is 14.7 Å². The summed E-state index contributed by atoms with van der Waals surface area (Å²) < 4.78 is 0. The Balaban J connectivity index is 1.97. The van der Waals surface area contributed by atoms with Crippen molar-refractivity contribution in [3.63, 3.8) is 0 Å². The lowest BCUT2D eigenvalue weighted by atomic mass is 10.2. The first-order chi connectivity index (χ1) is 9.08. The van der Waals surface area contributed by atoms with Gasteiger partial charge in [-0.25, -0.2) is 0 Å². The van der Waals surface area contributed by atoms with Crippen LogP contribution in [0.15, 0.2) is 18.5 Å². The van der Waals surface area contributed by atoms with Crippen molar-refractivity contribution in [2.75, 3.05) is 26.7 Å². The van der Waals surface area contributed by atoms with Gasteiger partial charge in [-0.15, -0.1) is 0 Å². The van der Waals surface area contributed by atoms with Gasteiger partial charge in [0, 0.05) is 26.3 Å². The maximum absolute atomic E-state index is 12.1. The summed E-state index contributed by atoms with van der Waals surface area (Å²) in [4.78, 5) is 30.8. The van der Waals surface area contributed by atoms with Gasteiger partial charge >= 0.3 is 0 Å². The molecule has 0 aliphatic carbocycles. The minimum atomic E-state index is -0.323. The molecule has 0 saturated carbocycles. The van der Waals surface area contributed by atoms with Crippen molar-refractivity contribution in [1.82, 2.24) is 14.8 Å². The zero-order chi connectivity index (χ0) is 13.8. The second-order valence-corrected chi connectivity index (χ2v) is 4.68. The summed E-state index contributed by atoms with van der Waals surface area (Å²) in [5, 5.41) is 9.29. The third-order valence-electron chi connectivity index (χ3n) is 3.15. The highest BCUT2D eigenvalue weighted by Crippen LogP contribution is 2.11. The van der Waals surface area contributed by atoms with Gasteiger partial charge in [0.2, 0.25) is 5.91 Å². The third kappa shape index (κ3) is 3.21. The fourth-order valence-corrected chi connectivity index (χ4v) is 2.11. The number of rotatable bonds is 3. The Bertz CT molecular complexity index is 484. The van der Waals surface area contributed by atoms with Crippen molar-refractivity contribution in [3.8, 4) is 5.75 Å². The van der Waals surface area contributed by atoms with Gasteiger partial charge in [0.1, 0.15) is 5.75 Å². The normalized spacial score (nSPS) is 14.5. The van der Waals surface area contributed by atoms with Gasteiger partial charge in [-0.2, -0.15) is 0 Å². The van der Waals surface area contributed by atoms with Gasteiger partial charge in [-0.1, -0.05) is 0 Å². The molecule has 19 heavy (non-hydrogen) atoms. The number of likely N-dealkylation sites (tertiary alicyclic amines) is 1. The number of carbonyl (C=O) groups is 2. The van der Waals surface area contributed by atoms with Crippen molar-refractivity contribution in [2.24, 2.45) is 0 Å². The van der Waals surface area contributed by atoms with E-state index in [0.29, 0.717) is 0 Å². The van der Waals surface area contributed by atoms with Crippen LogP contribution < -0.4 is 0 Å². The summed E-state index contributed by atoms with van der Waals surface area (Å²) in [6.07, 6.45) is 4.69. The van der Waals surface area contributed by atoms with E-state index >= 15 is 0 Å². The fraction of sp³-hybridized carbons (Fsp3) is 0.462. The smallest absolute Gasteiger partial charge is 0.255 e. The lowest BCUT2D eigenvalue weighted by Gasteiger charge is -2.21. The van der Waals surface area contributed by atoms with Crippen molar-refractivity contribution in [1.29, 1.82) is 0 Å². The number of hydrogen-bond acceptors (Lipinski definition) is 4. The number of aromatic hydroxyl groups is 1. The average Bonchev–Trinajstić information content (AvgIpc) is 2.91.